The number of non-ortho nitro benzene ring substituents is 1. The number of nitrogens with one attached hydrogen (secondary N) is 1. The first-order valence-electron chi connectivity index (χ1n) is 7.80. The van der Waals surface area contributed by atoms with Crippen LogP contribution in [0.15, 0.2) is 42.5 Å². The van der Waals surface area contributed by atoms with Gasteiger partial charge in [0, 0.05) is 28.9 Å². The van der Waals surface area contributed by atoms with Crippen molar-refractivity contribution in [3.8, 4) is 0 Å². The number of carbonyl (C=O) groups excluding carboxylic acids is 2. The predicted octanol–water partition coefficient (Wildman–Crippen LogP) is 2.57. The van der Waals surface area contributed by atoms with Gasteiger partial charge in [-0.15, -0.1) is 0 Å². The van der Waals surface area contributed by atoms with Crippen molar-refractivity contribution in [2.45, 2.75) is 25.4 Å². The van der Waals surface area contributed by atoms with Gasteiger partial charge in [0.2, 0.25) is 0 Å². The Kier molecular flexibility index (Phi) is 4.10. The number of aryl methyl sites for hydroxylation is 1. The van der Waals surface area contributed by atoms with Crippen LogP contribution in [0.1, 0.15) is 34.8 Å². The summed E-state index contributed by atoms with van der Waals surface area (Å²) in [6.45, 7) is 1.95. The first kappa shape index (κ1) is 16.8. The fraction of sp³-hybridized carbons (Fsp3) is 0.222. The number of hydrogen-bond donors (Lipinski definition) is 2. The van der Waals surface area contributed by atoms with E-state index in [1.165, 1.54) is 24.3 Å². The van der Waals surface area contributed by atoms with E-state index in [1.54, 1.807) is 12.1 Å². The molecule has 128 valence electrons. The van der Waals surface area contributed by atoms with Gasteiger partial charge in [-0.2, -0.15) is 0 Å². The number of aliphatic hydroxyl groups is 1. The number of nitrogens with zero attached hydrogens (tertiary/aromatic N) is 1. The molecule has 25 heavy (non-hydrogen) atoms. The number of carbonyl (C=O) groups is 2. The van der Waals surface area contributed by atoms with E-state index in [2.05, 4.69) is 5.32 Å². The molecule has 0 saturated heterocycles. The molecule has 7 nitrogen and oxygen atoms in total. The maximum atomic E-state index is 12.5. The minimum absolute atomic E-state index is 0.133. The van der Waals surface area contributed by atoms with Crippen molar-refractivity contribution >= 4 is 23.1 Å². The van der Waals surface area contributed by atoms with Crippen molar-refractivity contribution in [1.82, 2.24) is 0 Å². The van der Waals surface area contributed by atoms with Gasteiger partial charge in [0.25, 0.3) is 11.6 Å². The van der Waals surface area contributed by atoms with Crippen molar-refractivity contribution in [2.75, 3.05) is 5.32 Å². The molecule has 1 atom stereocenters. The van der Waals surface area contributed by atoms with Gasteiger partial charge < -0.3 is 10.4 Å². The molecule has 1 aliphatic rings. The zero-order valence-corrected chi connectivity index (χ0v) is 13.5. The van der Waals surface area contributed by atoms with E-state index < -0.39 is 28.6 Å². The molecule has 0 saturated carbocycles. The van der Waals surface area contributed by atoms with Crippen molar-refractivity contribution in [3.63, 3.8) is 0 Å². The molecular weight excluding hydrogens is 324 g/mol. The molecule has 0 aliphatic carbocycles. The fourth-order valence-electron chi connectivity index (χ4n) is 2.89. The van der Waals surface area contributed by atoms with Gasteiger partial charge in [-0.1, -0.05) is 19.1 Å². The summed E-state index contributed by atoms with van der Waals surface area (Å²) in [5, 5.41) is 24.1. The molecule has 0 aromatic heterocycles. The molecule has 3 rings (SSSR count). The lowest BCUT2D eigenvalue weighted by Crippen LogP contribution is -2.36. The highest BCUT2D eigenvalue weighted by Crippen LogP contribution is 2.39. The number of nitro benzene ring substituents is 1. The minimum Gasteiger partial charge on any atom is -0.375 e. The van der Waals surface area contributed by atoms with Gasteiger partial charge in [-0.05, 0) is 30.2 Å². The third kappa shape index (κ3) is 2.89. The number of anilines is 1. The zero-order chi connectivity index (χ0) is 18.2. The zero-order valence-electron chi connectivity index (χ0n) is 13.5. The Hall–Kier alpha value is -3.06. The number of Topliss-reactive ketones (excluding diaryl/α,β-unsaturated/α-hetero) is 1. The van der Waals surface area contributed by atoms with Crippen molar-refractivity contribution in [1.29, 1.82) is 0 Å². The summed E-state index contributed by atoms with van der Waals surface area (Å²) in [4.78, 5) is 34.9. The van der Waals surface area contributed by atoms with Crippen LogP contribution in [0.2, 0.25) is 0 Å². The van der Waals surface area contributed by atoms with Gasteiger partial charge in [0.15, 0.2) is 11.4 Å². The maximum absolute atomic E-state index is 12.5. The van der Waals surface area contributed by atoms with Crippen LogP contribution in [0, 0.1) is 10.1 Å². The Morgan fingerprint density at radius 3 is 2.52 bits per heavy atom. The molecular formula is C18H16N2O5. The molecule has 0 spiro atoms. The van der Waals surface area contributed by atoms with E-state index >= 15 is 0 Å². The topological polar surface area (TPSA) is 110 Å². The summed E-state index contributed by atoms with van der Waals surface area (Å²) in [7, 11) is 0. The second kappa shape index (κ2) is 6.10. The van der Waals surface area contributed by atoms with Crippen LogP contribution >= 0.6 is 0 Å². The normalized spacial score (nSPS) is 18.6. The van der Waals surface area contributed by atoms with Crippen LogP contribution in [0.5, 0.6) is 0 Å². The quantitative estimate of drug-likeness (QED) is 0.494. The van der Waals surface area contributed by atoms with E-state index in [0.717, 1.165) is 12.0 Å². The molecule has 2 aromatic carbocycles. The second-order valence-electron chi connectivity index (χ2n) is 5.95. The summed E-state index contributed by atoms with van der Waals surface area (Å²) in [5.41, 5.74) is -0.0668. The van der Waals surface area contributed by atoms with E-state index in [9.17, 15) is 24.8 Å². The van der Waals surface area contributed by atoms with Gasteiger partial charge >= 0.3 is 0 Å². The number of nitro groups is 1. The third-order valence-corrected chi connectivity index (χ3v) is 4.38. The van der Waals surface area contributed by atoms with Crippen LogP contribution in [0.25, 0.3) is 0 Å². The van der Waals surface area contributed by atoms with Crippen molar-refractivity contribution < 1.29 is 19.6 Å². The average Bonchev–Trinajstić information content (AvgIpc) is 2.85. The Morgan fingerprint density at radius 1 is 1.24 bits per heavy atom. The van der Waals surface area contributed by atoms with Gasteiger partial charge in [-0.3, -0.25) is 19.7 Å². The minimum atomic E-state index is -1.95. The van der Waals surface area contributed by atoms with Crippen molar-refractivity contribution in [2.24, 2.45) is 0 Å². The molecule has 7 heteroatoms. The van der Waals surface area contributed by atoms with E-state index in [1.807, 2.05) is 13.0 Å². The number of rotatable bonds is 5. The molecule has 1 aliphatic heterocycles. The highest BCUT2D eigenvalue weighted by molar-refractivity contribution is 6.09. The van der Waals surface area contributed by atoms with Crippen LogP contribution in [0.4, 0.5) is 11.4 Å². The maximum Gasteiger partial charge on any atom is 0.269 e. The fourth-order valence-corrected chi connectivity index (χ4v) is 2.89. The standard InChI is InChI=1S/C18H16N2O5/c1-2-11-3-8-15-14(9-11)18(23,17(22)19-15)10-16(21)12-4-6-13(7-5-12)20(24)25/h3-9,23H,2,10H2,1H3,(H,19,22). The summed E-state index contributed by atoms with van der Waals surface area (Å²) < 4.78 is 0. The van der Waals surface area contributed by atoms with Crippen molar-refractivity contribution in [3.05, 3.63) is 69.3 Å². The van der Waals surface area contributed by atoms with E-state index in [0.29, 0.717) is 11.3 Å². The number of benzene rings is 2. The van der Waals surface area contributed by atoms with E-state index in [-0.39, 0.29) is 11.3 Å². The molecule has 1 unspecified atom stereocenters. The molecule has 0 fully saturated rings. The molecule has 1 heterocycles. The Labute approximate surface area is 143 Å². The largest absolute Gasteiger partial charge is 0.375 e. The summed E-state index contributed by atoms with van der Waals surface area (Å²) in [6, 6.07) is 10.4. The summed E-state index contributed by atoms with van der Waals surface area (Å²) in [5.74, 6) is -1.12. The Bertz CT molecular complexity index is 876. The lowest BCUT2D eigenvalue weighted by atomic mass is 9.87. The average molecular weight is 340 g/mol. The molecule has 1 amide bonds. The second-order valence-corrected chi connectivity index (χ2v) is 5.95. The van der Waals surface area contributed by atoms with Gasteiger partial charge in [0.1, 0.15) is 0 Å². The number of amides is 1. The lowest BCUT2D eigenvalue weighted by Gasteiger charge is -2.20. The lowest BCUT2D eigenvalue weighted by molar-refractivity contribution is -0.384. The Balaban J connectivity index is 1.90. The SMILES string of the molecule is CCc1ccc2c(c1)C(O)(CC(=O)c1ccc([N+](=O)[O-])cc1)C(=O)N2. The number of fused-ring (bicyclic) bond motifs is 1. The van der Waals surface area contributed by atoms with Gasteiger partial charge in [-0.25, -0.2) is 0 Å². The monoisotopic (exact) mass is 340 g/mol. The van der Waals surface area contributed by atoms with Gasteiger partial charge in [0.05, 0.1) is 11.3 Å². The highest BCUT2D eigenvalue weighted by atomic mass is 16.6. The molecule has 2 N–H and O–H groups in total. The predicted molar refractivity (Wildman–Crippen MR) is 90.4 cm³/mol. The first-order valence-corrected chi connectivity index (χ1v) is 7.80. The highest BCUT2D eigenvalue weighted by Gasteiger charge is 2.46. The molecule has 0 bridgehead atoms. The van der Waals surface area contributed by atoms with Crippen LogP contribution in [0.3, 0.4) is 0 Å². The molecule has 0 radical (unpaired) electrons. The Morgan fingerprint density at radius 2 is 1.92 bits per heavy atom. The first-order chi connectivity index (χ1) is 11.8. The van der Waals surface area contributed by atoms with Crippen LogP contribution in [-0.4, -0.2) is 21.7 Å². The number of ketones is 1. The summed E-state index contributed by atoms with van der Waals surface area (Å²) in [6.07, 6.45) is 0.296. The summed E-state index contributed by atoms with van der Waals surface area (Å²) >= 11 is 0. The number of hydrogen-bond acceptors (Lipinski definition) is 5. The third-order valence-electron chi connectivity index (χ3n) is 4.38. The smallest absolute Gasteiger partial charge is 0.269 e. The van der Waals surface area contributed by atoms with Crippen LogP contribution < -0.4 is 5.32 Å². The van der Waals surface area contributed by atoms with E-state index in [4.69, 9.17) is 0 Å². The molecule has 2 aromatic rings. The van der Waals surface area contributed by atoms with Crippen LogP contribution in [-0.2, 0) is 16.8 Å².